The topological polar surface area (TPSA) is 88.8 Å². The van der Waals surface area contributed by atoms with Crippen LogP contribution in [-0.4, -0.2) is 60.3 Å². The molecule has 9 heteroatoms. The molecule has 0 aliphatic carbocycles. The van der Waals surface area contributed by atoms with Crippen molar-refractivity contribution in [2.24, 2.45) is 0 Å². The van der Waals surface area contributed by atoms with Crippen molar-refractivity contribution in [2.75, 3.05) is 32.5 Å². The van der Waals surface area contributed by atoms with E-state index in [0.29, 0.717) is 18.3 Å². The van der Waals surface area contributed by atoms with Crippen molar-refractivity contribution in [1.82, 2.24) is 19.4 Å². The molecule has 0 radical (unpaired) electrons. The van der Waals surface area contributed by atoms with E-state index in [1.807, 2.05) is 18.2 Å². The summed E-state index contributed by atoms with van der Waals surface area (Å²) in [5, 5.41) is 8.59. The summed E-state index contributed by atoms with van der Waals surface area (Å²) < 4.78 is 38.1. The van der Waals surface area contributed by atoms with Gasteiger partial charge < -0.3 is 9.15 Å². The number of nitrogens with zero attached hydrogens (tertiary/aromatic N) is 4. The van der Waals surface area contributed by atoms with E-state index in [1.54, 1.807) is 18.3 Å². The number of para-hydroxylation sites is 1. The number of ether oxygens (including phenoxy) is 1. The predicted molar refractivity (Wildman–Crippen MR) is 117 cm³/mol. The van der Waals surface area contributed by atoms with E-state index in [2.05, 4.69) is 21.2 Å². The third-order valence-electron chi connectivity index (χ3n) is 6.44. The normalized spacial score (nSPS) is 21.9. The van der Waals surface area contributed by atoms with Gasteiger partial charge in [0.2, 0.25) is 21.8 Å². The second-order valence-electron chi connectivity index (χ2n) is 8.36. The fourth-order valence-electron chi connectivity index (χ4n) is 4.61. The van der Waals surface area contributed by atoms with Gasteiger partial charge in [0.25, 0.3) is 0 Å². The first-order chi connectivity index (χ1) is 15.0. The molecule has 2 fully saturated rings. The van der Waals surface area contributed by atoms with Crippen molar-refractivity contribution in [3.63, 3.8) is 0 Å². The Morgan fingerprint density at radius 2 is 1.81 bits per heavy atom. The number of sulfonamides is 1. The van der Waals surface area contributed by atoms with Gasteiger partial charge in [-0.1, -0.05) is 24.6 Å². The van der Waals surface area contributed by atoms with E-state index in [0.717, 1.165) is 57.5 Å². The van der Waals surface area contributed by atoms with Crippen LogP contribution in [0.5, 0.6) is 5.75 Å². The molecule has 8 nitrogen and oxygen atoms in total. The van der Waals surface area contributed by atoms with Crippen LogP contribution in [0.2, 0.25) is 0 Å². The maximum Gasteiger partial charge on any atom is 0.234 e. The molecule has 0 bridgehead atoms. The lowest BCUT2D eigenvalue weighted by molar-refractivity contribution is 0.182. The van der Waals surface area contributed by atoms with Gasteiger partial charge in [0.15, 0.2) is 0 Å². The molecule has 0 unspecified atom stereocenters. The lowest BCUT2D eigenvalue weighted by atomic mass is 9.96. The number of likely N-dealkylation sites (tertiary alicyclic amines) is 1. The van der Waals surface area contributed by atoms with Crippen LogP contribution < -0.4 is 4.74 Å². The van der Waals surface area contributed by atoms with Crippen molar-refractivity contribution >= 4 is 10.0 Å². The van der Waals surface area contributed by atoms with Crippen LogP contribution in [0.3, 0.4) is 0 Å². The van der Waals surface area contributed by atoms with Gasteiger partial charge in [0.1, 0.15) is 11.8 Å². The van der Waals surface area contributed by atoms with Gasteiger partial charge in [-0.25, -0.2) is 8.42 Å². The van der Waals surface area contributed by atoms with Crippen molar-refractivity contribution in [3.05, 3.63) is 41.6 Å². The van der Waals surface area contributed by atoms with Crippen LogP contribution in [0.25, 0.3) is 0 Å². The minimum atomic E-state index is -3.29. The van der Waals surface area contributed by atoms with Gasteiger partial charge in [-0.05, 0) is 51.8 Å². The van der Waals surface area contributed by atoms with Gasteiger partial charge in [-0.15, -0.1) is 10.2 Å². The van der Waals surface area contributed by atoms with Gasteiger partial charge in [-0.3, -0.25) is 4.90 Å². The van der Waals surface area contributed by atoms with Crippen LogP contribution in [-0.2, 0) is 16.6 Å². The molecular formula is C22H32N4O4S. The van der Waals surface area contributed by atoms with Crippen LogP contribution in [0.1, 0.15) is 68.3 Å². The molecule has 0 amide bonds. The van der Waals surface area contributed by atoms with E-state index >= 15 is 0 Å². The number of hydrogen-bond acceptors (Lipinski definition) is 7. The van der Waals surface area contributed by atoms with Crippen molar-refractivity contribution < 1.29 is 17.6 Å². The Morgan fingerprint density at radius 3 is 2.55 bits per heavy atom. The second kappa shape index (κ2) is 9.67. The number of hydrogen-bond donors (Lipinski definition) is 0. The average Bonchev–Trinajstić information content (AvgIpc) is 3.30. The Bertz CT molecular complexity index is 969. The minimum absolute atomic E-state index is 0.0924. The predicted octanol–water partition coefficient (Wildman–Crippen LogP) is 3.33. The molecule has 2 aliphatic heterocycles. The molecule has 2 aliphatic rings. The summed E-state index contributed by atoms with van der Waals surface area (Å²) in [7, 11) is -1.58. The lowest BCUT2D eigenvalue weighted by Gasteiger charge is -2.32. The molecular weight excluding hydrogens is 416 g/mol. The van der Waals surface area contributed by atoms with E-state index in [9.17, 15) is 8.42 Å². The average molecular weight is 449 g/mol. The van der Waals surface area contributed by atoms with E-state index < -0.39 is 10.0 Å². The first-order valence-electron chi connectivity index (χ1n) is 11.2. The standard InChI is InChI=1S/C22H32N4O4S/c1-3-31(27,28)26-13-7-6-9-19(26)22-24-23-21(30-22)17-11-14-25(15-12-17)16-18-8-4-5-10-20(18)29-2/h4-5,8,10,17,19H,3,6-7,9,11-16H2,1-2H3/t19-/m1/s1. The zero-order chi connectivity index (χ0) is 21.8. The lowest BCUT2D eigenvalue weighted by Crippen LogP contribution is -2.39. The largest absolute Gasteiger partial charge is 0.496 e. The van der Waals surface area contributed by atoms with E-state index in [1.165, 1.54) is 5.56 Å². The summed E-state index contributed by atoms with van der Waals surface area (Å²) in [6, 6.07) is 7.80. The number of benzene rings is 1. The molecule has 2 saturated heterocycles. The maximum atomic E-state index is 12.5. The number of piperidine rings is 2. The Morgan fingerprint density at radius 1 is 1.06 bits per heavy atom. The van der Waals surface area contributed by atoms with Gasteiger partial charge in [0, 0.05) is 24.6 Å². The molecule has 0 spiro atoms. The van der Waals surface area contributed by atoms with E-state index in [4.69, 9.17) is 9.15 Å². The third kappa shape index (κ3) is 4.94. The molecule has 0 saturated carbocycles. The van der Waals surface area contributed by atoms with Crippen LogP contribution >= 0.6 is 0 Å². The monoisotopic (exact) mass is 448 g/mol. The minimum Gasteiger partial charge on any atom is -0.496 e. The summed E-state index contributed by atoms with van der Waals surface area (Å²) in [6.45, 7) is 4.96. The first-order valence-corrected chi connectivity index (χ1v) is 12.8. The Hall–Kier alpha value is -1.97. The molecule has 2 aromatic rings. The van der Waals surface area contributed by atoms with Crippen molar-refractivity contribution in [3.8, 4) is 5.75 Å². The maximum absolute atomic E-state index is 12.5. The van der Waals surface area contributed by atoms with Crippen LogP contribution in [0, 0.1) is 0 Å². The Kier molecular flexibility index (Phi) is 6.93. The number of methoxy groups -OCH3 is 1. The first kappa shape index (κ1) is 22.2. The highest BCUT2D eigenvalue weighted by atomic mass is 32.2. The highest BCUT2D eigenvalue weighted by molar-refractivity contribution is 7.89. The van der Waals surface area contributed by atoms with Gasteiger partial charge >= 0.3 is 0 Å². The van der Waals surface area contributed by atoms with E-state index in [-0.39, 0.29) is 17.7 Å². The summed E-state index contributed by atoms with van der Waals surface area (Å²) in [5.74, 6) is 2.32. The molecule has 170 valence electrons. The number of rotatable bonds is 7. The van der Waals surface area contributed by atoms with Crippen molar-refractivity contribution in [2.45, 2.75) is 57.5 Å². The smallest absolute Gasteiger partial charge is 0.234 e. The van der Waals surface area contributed by atoms with Crippen LogP contribution in [0.4, 0.5) is 0 Å². The Labute approximate surface area is 184 Å². The molecule has 0 N–H and O–H groups in total. The zero-order valence-electron chi connectivity index (χ0n) is 18.4. The summed E-state index contributed by atoms with van der Waals surface area (Å²) in [6.07, 6.45) is 4.47. The second-order valence-corrected chi connectivity index (χ2v) is 10.6. The quantitative estimate of drug-likeness (QED) is 0.642. The zero-order valence-corrected chi connectivity index (χ0v) is 19.2. The molecule has 31 heavy (non-hydrogen) atoms. The summed E-state index contributed by atoms with van der Waals surface area (Å²) in [5.41, 5.74) is 1.19. The fraction of sp³-hybridized carbons (Fsp3) is 0.636. The van der Waals surface area contributed by atoms with Crippen molar-refractivity contribution in [1.29, 1.82) is 0 Å². The SMILES string of the molecule is CCS(=O)(=O)N1CCCC[C@@H]1c1nnc(C2CCN(Cc3ccccc3OC)CC2)o1. The van der Waals surface area contributed by atoms with Gasteiger partial charge in [-0.2, -0.15) is 4.31 Å². The Balaban J connectivity index is 1.39. The van der Waals surface area contributed by atoms with Crippen LogP contribution in [0.15, 0.2) is 28.7 Å². The van der Waals surface area contributed by atoms with Gasteiger partial charge in [0.05, 0.1) is 12.9 Å². The summed E-state index contributed by atoms with van der Waals surface area (Å²) in [4.78, 5) is 2.42. The molecule has 1 atom stereocenters. The molecule has 1 aromatic carbocycles. The highest BCUT2D eigenvalue weighted by Crippen LogP contribution is 2.35. The third-order valence-corrected chi connectivity index (χ3v) is 8.32. The summed E-state index contributed by atoms with van der Waals surface area (Å²) >= 11 is 0. The number of aromatic nitrogens is 2. The molecule has 1 aromatic heterocycles. The molecule has 3 heterocycles. The molecule has 4 rings (SSSR count). The fourth-order valence-corrected chi connectivity index (χ4v) is 5.93. The highest BCUT2D eigenvalue weighted by Gasteiger charge is 2.36.